The molecule has 0 aromatic rings. The topological polar surface area (TPSA) is 245 Å². The van der Waals surface area contributed by atoms with E-state index in [9.17, 15) is 39.3 Å². The molecule has 2 atom stereocenters. The summed E-state index contributed by atoms with van der Waals surface area (Å²) >= 11 is 0. The Balaban J connectivity index is 0.00000108. The molecule has 0 aliphatic carbocycles. The summed E-state index contributed by atoms with van der Waals surface area (Å²) < 4.78 is 9.55. The van der Waals surface area contributed by atoms with Gasteiger partial charge in [0.15, 0.2) is 17.5 Å². The number of hydrogen-bond donors (Lipinski definition) is 7. The van der Waals surface area contributed by atoms with Gasteiger partial charge in [0.2, 0.25) is 5.76 Å². The zero-order chi connectivity index (χ0) is 32.1. The van der Waals surface area contributed by atoms with E-state index in [4.69, 9.17) is 25.2 Å². The molecule has 0 aromatic heterocycles. The molecule has 0 saturated carbocycles. The summed E-state index contributed by atoms with van der Waals surface area (Å²) in [6.45, 7) is 1.83. The first-order chi connectivity index (χ1) is 19.7. The van der Waals surface area contributed by atoms with E-state index in [0.717, 1.165) is 19.3 Å². The van der Waals surface area contributed by atoms with Crippen molar-refractivity contribution in [1.82, 2.24) is 0 Å². The lowest BCUT2D eigenvalue weighted by Crippen LogP contribution is -2.42. The summed E-state index contributed by atoms with van der Waals surface area (Å²) in [7, 11) is 0. The molecular formula is C28H46O14. The number of carbonyl (C=O) groups excluding carboxylic acids is 2. The van der Waals surface area contributed by atoms with Crippen LogP contribution in [0.4, 0.5) is 0 Å². The average molecular weight is 607 g/mol. The molecule has 7 N–H and O–H groups in total. The maximum absolute atomic E-state index is 11.7. The molecule has 0 spiro atoms. The average Bonchev–Trinajstić information content (AvgIpc) is 3.16. The molecule has 0 saturated heterocycles. The van der Waals surface area contributed by atoms with Gasteiger partial charge in [-0.15, -0.1) is 0 Å². The van der Waals surface area contributed by atoms with Crippen molar-refractivity contribution < 1.29 is 69.2 Å². The number of esters is 2. The fraction of sp³-hybridized carbons (Fsp3) is 0.750. The number of aliphatic hydroxyl groups excluding tert-OH is 3. The van der Waals surface area contributed by atoms with Crippen molar-refractivity contribution in [1.29, 1.82) is 0 Å². The number of carbonyl (C=O) groups is 5. The van der Waals surface area contributed by atoms with Crippen molar-refractivity contribution in [3.8, 4) is 0 Å². The number of cyclic esters (lactones) is 1. The lowest BCUT2D eigenvalue weighted by atomic mass is 9.96. The van der Waals surface area contributed by atoms with Crippen LogP contribution in [0.3, 0.4) is 0 Å². The van der Waals surface area contributed by atoms with Crippen LogP contribution in [0.25, 0.3) is 0 Å². The number of carboxylic acid groups (broad SMARTS) is 3. The highest BCUT2D eigenvalue weighted by molar-refractivity contribution is 5.89. The highest BCUT2D eigenvalue weighted by Gasteiger charge is 2.41. The van der Waals surface area contributed by atoms with Crippen LogP contribution in [-0.2, 0) is 33.4 Å². The van der Waals surface area contributed by atoms with E-state index in [0.29, 0.717) is 0 Å². The molecular weight excluding hydrogens is 560 g/mol. The molecule has 242 valence electrons. The summed E-state index contributed by atoms with van der Waals surface area (Å²) in [5, 5.41) is 62.3. The third-order valence-electron chi connectivity index (χ3n) is 6.47. The molecule has 14 nitrogen and oxygen atoms in total. The van der Waals surface area contributed by atoms with Crippen molar-refractivity contribution in [2.24, 2.45) is 0 Å². The Morgan fingerprint density at radius 1 is 0.810 bits per heavy atom. The minimum atomic E-state index is -2.74. The van der Waals surface area contributed by atoms with Crippen LogP contribution in [0.2, 0.25) is 0 Å². The summed E-state index contributed by atoms with van der Waals surface area (Å²) in [6.07, 6.45) is 11.1. The molecule has 0 fully saturated rings. The molecule has 1 heterocycles. The van der Waals surface area contributed by atoms with Gasteiger partial charge in [-0.3, -0.25) is 14.4 Å². The molecule has 42 heavy (non-hydrogen) atoms. The smallest absolute Gasteiger partial charge is 0.377 e. The van der Waals surface area contributed by atoms with Gasteiger partial charge in [-0.05, 0) is 6.42 Å². The van der Waals surface area contributed by atoms with Crippen LogP contribution < -0.4 is 0 Å². The van der Waals surface area contributed by atoms with Gasteiger partial charge in [0.05, 0.1) is 12.8 Å². The van der Waals surface area contributed by atoms with E-state index in [1.54, 1.807) is 0 Å². The first-order valence-electron chi connectivity index (χ1n) is 14.3. The van der Waals surface area contributed by atoms with Crippen LogP contribution in [0, 0.1) is 0 Å². The number of hydrogen-bond acceptors (Lipinski definition) is 11. The van der Waals surface area contributed by atoms with Crippen LogP contribution in [0.1, 0.15) is 110 Å². The van der Waals surface area contributed by atoms with Crippen molar-refractivity contribution in [3.63, 3.8) is 0 Å². The molecule has 0 unspecified atom stereocenters. The van der Waals surface area contributed by atoms with E-state index in [-0.39, 0.29) is 6.42 Å². The molecule has 1 aliphatic heterocycles. The van der Waals surface area contributed by atoms with Gasteiger partial charge in [-0.1, -0.05) is 84.0 Å². The van der Waals surface area contributed by atoms with Gasteiger partial charge < -0.3 is 45.2 Å². The minimum Gasteiger partial charge on any atom is -0.505 e. The van der Waals surface area contributed by atoms with Crippen molar-refractivity contribution >= 4 is 29.8 Å². The largest absolute Gasteiger partial charge is 0.505 e. The van der Waals surface area contributed by atoms with E-state index in [1.165, 1.54) is 64.2 Å². The van der Waals surface area contributed by atoms with Gasteiger partial charge in [0, 0.05) is 6.42 Å². The summed E-state index contributed by atoms with van der Waals surface area (Å²) in [5.74, 6) is -8.23. The zero-order valence-electron chi connectivity index (χ0n) is 24.2. The second-order valence-electron chi connectivity index (χ2n) is 10.3. The first kappa shape index (κ1) is 38.6. The van der Waals surface area contributed by atoms with E-state index >= 15 is 0 Å². The SMILES string of the molecule is CCCCCCCCCCCCCCCC(=O)OC[C@H](O)[C@H]1OC(=O)C(O)=C1O.O=C(O)CC(O)(CC(=O)O)C(=O)O. The van der Waals surface area contributed by atoms with Crippen LogP contribution in [0.15, 0.2) is 11.5 Å². The normalized spacial score (nSPS) is 15.4. The fourth-order valence-electron chi connectivity index (χ4n) is 4.07. The van der Waals surface area contributed by atoms with Gasteiger partial charge >= 0.3 is 29.8 Å². The Hall–Kier alpha value is -3.39. The highest BCUT2D eigenvalue weighted by atomic mass is 16.6. The predicted molar refractivity (Wildman–Crippen MR) is 147 cm³/mol. The molecule has 0 amide bonds. The van der Waals surface area contributed by atoms with Crippen LogP contribution >= 0.6 is 0 Å². The Kier molecular flexibility index (Phi) is 19.6. The highest BCUT2D eigenvalue weighted by Crippen LogP contribution is 2.22. The van der Waals surface area contributed by atoms with Crippen molar-refractivity contribution in [2.75, 3.05) is 6.61 Å². The maximum atomic E-state index is 11.7. The fourth-order valence-corrected chi connectivity index (χ4v) is 4.07. The number of aliphatic hydroxyl groups is 4. The van der Waals surface area contributed by atoms with Gasteiger partial charge in [-0.25, -0.2) is 9.59 Å². The Bertz CT molecular complexity index is 881. The zero-order valence-corrected chi connectivity index (χ0v) is 24.2. The number of rotatable bonds is 22. The number of unbranched alkanes of at least 4 members (excludes halogenated alkanes) is 12. The van der Waals surface area contributed by atoms with Gasteiger partial charge in [0.25, 0.3) is 0 Å². The molecule has 14 heteroatoms. The Morgan fingerprint density at radius 3 is 1.60 bits per heavy atom. The van der Waals surface area contributed by atoms with E-state index < -0.39 is 78.6 Å². The second-order valence-corrected chi connectivity index (χ2v) is 10.3. The Labute approximate surface area is 244 Å². The lowest BCUT2D eigenvalue weighted by molar-refractivity contribution is -0.170. The van der Waals surface area contributed by atoms with Crippen LogP contribution in [-0.4, -0.2) is 90.0 Å². The minimum absolute atomic E-state index is 0.266. The Morgan fingerprint density at radius 2 is 1.24 bits per heavy atom. The number of ether oxygens (including phenoxy) is 2. The maximum Gasteiger partial charge on any atom is 0.377 e. The van der Waals surface area contributed by atoms with E-state index in [1.807, 2.05) is 0 Å². The summed E-state index contributed by atoms with van der Waals surface area (Å²) in [4.78, 5) is 53.3. The number of carboxylic acids is 3. The van der Waals surface area contributed by atoms with E-state index in [2.05, 4.69) is 11.7 Å². The van der Waals surface area contributed by atoms with Gasteiger partial charge in [-0.2, -0.15) is 0 Å². The molecule has 0 aromatic carbocycles. The third-order valence-corrected chi connectivity index (χ3v) is 6.47. The molecule has 1 rings (SSSR count). The van der Waals surface area contributed by atoms with Crippen LogP contribution in [0.5, 0.6) is 0 Å². The monoisotopic (exact) mass is 606 g/mol. The third kappa shape index (κ3) is 16.8. The quantitative estimate of drug-likeness (QED) is 0.0690. The molecule has 1 aliphatic rings. The standard InChI is InChI=1S/C22H38O7.C6H8O7/c1-2-3-4-5-6-7-8-9-10-11-12-13-14-15-18(24)28-16-17(23)21-19(25)20(26)22(27)29-21;7-3(8)1-6(13,5(11)12)2-4(9)10/h17,21,23,25-26H,2-16H2,1H3;13H,1-2H2,(H,7,8)(H,9,10)(H,11,12)/t17-,21+;/m0./s1. The first-order valence-corrected chi connectivity index (χ1v) is 14.3. The van der Waals surface area contributed by atoms with Crippen molar-refractivity contribution in [2.45, 2.75) is 127 Å². The molecule has 0 radical (unpaired) electrons. The van der Waals surface area contributed by atoms with Gasteiger partial charge in [0.1, 0.15) is 12.7 Å². The lowest BCUT2D eigenvalue weighted by Gasteiger charge is -2.18. The summed E-state index contributed by atoms with van der Waals surface area (Å²) in [6, 6.07) is 0. The summed E-state index contributed by atoms with van der Waals surface area (Å²) in [5.41, 5.74) is -2.74. The predicted octanol–water partition coefficient (Wildman–Crippen LogP) is 3.38. The second kappa shape index (κ2) is 21.3. The van der Waals surface area contributed by atoms with Crippen molar-refractivity contribution in [3.05, 3.63) is 11.5 Å². The molecule has 0 bridgehead atoms. The number of aliphatic carboxylic acids is 3.